The molecule has 0 aliphatic heterocycles. The Hall–Kier alpha value is -0.620. The van der Waals surface area contributed by atoms with E-state index in [-0.39, 0.29) is 12.2 Å². The fourth-order valence-electron chi connectivity index (χ4n) is 0.853. The number of carboxylic acids is 1. The van der Waals surface area contributed by atoms with Crippen LogP contribution < -0.4 is 4.72 Å². The highest BCUT2D eigenvalue weighted by atomic mass is 32.2. The molecule has 5 nitrogen and oxygen atoms in total. The normalized spacial score (nSPS) is 14.0. The van der Waals surface area contributed by atoms with Gasteiger partial charge in [0.1, 0.15) is 6.04 Å². The van der Waals surface area contributed by atoms with Crippen molar-refractivity contribution in [2.24, 2.45) is 0 Å². The summed E-state index contributed by atoms with van der Waals surface area (Å²) in [6.45, 7) is 3.34. The van der Waals surface area contributed by atoms with Crippen LogP contribution in [-0.2, 0) is 14.8 Å². The van der Waals surface area contributed by atoms with Gasteiger partial charge < -0.3 is 5.11 Å². The van der Waals surface area contributed by atoms with E-state index >= 15 is 0 Å². The third-order valence-electron chi connectivity index (χ3n) is 1.50. The van der Waals surface area contributed by atoms with Gasteiger partial charge in [-0.1, -0.05) is 13.8 Å². The molecule has 0 amide bonds. The monoisotopic (exact) mass is 209 g/mol. The molecule has 0 saturated heterocycles. The Balaban J connectivity index is 4.31. The van der Waals surface area contributed by atoms with E-state index in [1.807, 2.05) is 0 Å². The number of carbonyl (C=O) groups is 1. The summed E-state index contributed by atoms with van der Waals surface area (Å²) in [5.74, 6) is -1.17. The van der Waals surface area contributed by atoms with Crippen LogP contribution in [0.3, 0.4) is 0 Å². The van der Waals surface area contributed by atoms with E-state index in [0.717, 1.165) is 0 Å². The second kappa shape index (κ2) is 5.18. The van der Waals surface area contributed by atoms with Gasteiger partial charge in [0.05, 0.1) is 5.75 Å². The van der Waals surface area contributed by atoms with Crippen molar-refractivity contribution < 1.29 is 18.3 Å². The Morgan fingerprint density at radius 3 is 2.31 bits per heavy atom. The Morgan fingerprint density at radius 2 is 2.00 bits per heavy atom. The van der Waals surface area contributed by atoms with Gasteiger partial charge in [0.25, 0.3) is 0 Å². The maximum atomic E-state index is 11.1. The van der Waals surface area contributed by atoms with Crippen LogP contribution in [0, 0.1) is 0 Å². The molecule has 0 aromatic rings. The van der Waals surface area contributed by atoms with Crippen LogP contribution in [0.1, 0.15) is 26.7 Å². The molecule has 0 saturated carbocycles. The van der Waals surface area contributed by atoms with Crippen LogP contribution in [0.25, 0.3) is 0 Å². The van der Waals surface area contributed by atoms with Crippen LogP contribution in [0.2, 0.25) is 0 Å². The van der Waals surface area contributed by atoms with Gasteiger partial charge in [-0.2, -0.15) is 0 Å². The lowest BCUT2D eigenvalue weighted by molar-refractivity contribution is -0.139. The standard InChI is InChI=1S/C7H15NO4S/c1-3-5-13(11,12)8-6(4-2)7(9)10/h6,8H,3-5H2,1-2H3,(H,9,10)/t6-/m1/s1. The van der Waals surface area contributed by atoms with Gasteiger partial charge in [-0.3, -0.25) is 4.79 Å². The Morgan fingerprint density at radius 1 is 1.46 bits per heavy atom. The summed E-state index contributed by atoms with van der Waals surface area (Å²) in [5.41, 5.74) is 0. The van der Waals surface area contributed by atoms with Gasteiger partial charge >= 0.3 is 5.97 Å². The third-order valence-corrected chi connectivity index (χ3v) is 3.09. The summed E-state index contributed by atoms with van der Waals surface area (Å²) in [4.78, 5) is 10.5. The highest BCUT2D eigenvalue weighted by Crippen LogP contribution is 1.96. The predicted octanol–water partition coefficient (Wildman–Crippen LogP) is 0.179. The lowest BCUT2D eigenvalue weighted by Crippen LogP contribution is -2.41. The van der Waals surface area contributed by atoms with Gasteiger partial charge in [0.15, 0.2) is 0 Å². The van der Waals surface area contributed by atoms with Crippen molar-refractivity contribution in [1.82, 2.24) is 4.72 Å². The molecule has 0 bridgehead atoms. The SMILES string of the molecule is CCCS(=O)(=O)N[C@H](CC)C(=O)O. The second-order valence-corrected chi connectivity index (χ2v) is 4.61. The molecule has 0 rings (SSSR count). The number of hydrogen-bond donors (Lipinski definition) is 2. The van der Waals surface area contributed by atoms with Crippen LogP contribution in [0.15, 0.2) is 0 Å². The number of carboxylic acid groups (broad SMARTS) is 1. The minimum absolute atomic E-state index is 0.0310. The summed E-state index contributed by atoms with van der Waals surface area (Å²) < 4.78 is 24.4. The quantitative estimate of drug-likeness (QED) is 0.653. The molecule has 13 heavy (non-hydrogen) atoms. The van der Waals surface area contributed by atoms with Gasteiger partial charge in [-0.05, 0) is 12.8 Å². The summed E-state index contributed by atoms with van der Waals surface area (Å²) in [6.07, 6.45) is 0.726. The summed E-state index contributed by atoms with van der Waals surface area (Å²) in [6, 6.07) is -1.00. The van der Waals surface area contributed by atoms with E-state index < -0.39 is 22.0 Å². The Labute approximate surface area is 78.2 Å². The van der Waals surface area contributed by atoms with E-state index in [0.29, 0.717) is 6.42 Å². The van der Waals surface area contributed by atoms with Crippen molar-refractivity contribution in [3.05, 3.63) is 0 Å². The lowest BCUT2D eigenvalue weighted by atomic mass is 10.2. The average Bonchev–Trinajstić information content (AvgIpc) is 1.99. The third kappa shape index (κ3) is 4.84. The van der Waals surface area contributed by atoms with Gasteiger partial charge in [-0.15, -0.1) is 0 Å². The summed E-state index contributed by atoms with van der Waals surface area (Å²) in [5, 5.41) is 8.58. The average molecular weight is 209 g/mol. The molecule has 0 aromatic carbocycles. The van der Waals surface area contributed by atoms with E-state index in [1.54, 1.807) is 13.8 Å². The first-order chi connectivity index (χ1) is 5.93. The highest BCUT2D eigenvalue weighted by molar-refractivity contribution is 7.89. The number of rotatable bonds is 6. The molecule has 78 valence electrons. The zero-order valence-corrected chi connectivity index (χ0v) is 8.60. The smallest absolute Gasteiger partial charge is 0.321 e. The van der Waals surface area contributed by atoms with E-state index in [9.17, 15) is 13.2 Å². The zero-order valence-electron chi connectivity index (χ0n) is 7.78. The number of aliphatic carboxylic acids is 1. The predicted molar refractivity (Wildman–Crippen MR) is 48.9 cm³/mol. The molecule has 6 heteroatoms. The number of sulfonamides is 1. The van der Waals surface area contributed by atoms with E-state index in [2.05, 4.69) is 4.72 Å². The summed E-state index contributed by atoms with van der Waals surface area (Å²) in [7, 11) is -3.42. The van der Waals surface area contributed by atoms with Crippen LogP contribution in [-0.4, -0.2) is 31.3 Å². The first-order valence-corrected chi connectivity index (χ1v) is 5.81. The summed E-state index contributed by atoms with van der Waals surface area (Å²) >= 11 is 0. The fourth-order valence-corrected chi connectivity index (χ4v) is 2.21. The van der Waals surface area contributed by atoms with Crippen molar-refractivity contribution in [2.45, 2.75) is 32.7 Å². The molecule has 0 radical (unpaired) electrons. The van der Waals surface area contributed by atoms with Gasteiger partial charge in [-0.25, -0.2) is 13.1 Å². The molecule has 0 heterocycles. The molecule has 0 aliphatic carbocycles. The van der Waals surface area contributed by atoms with Crippen molar-refractivity contribution in [3.8, 4) is 0 Å². The van der Waals surface area contributed by atoms with E-state index in [1.165, 1.54) is 0 Å². The first kappa shape index (κ1) is 12.4. The molecule has 0 unspecified atom stereocenters. The van der Waals surface area contributed by atoms with Crippen LogP contribution in [0.4, 0.5) is 0 Å². The molecule has 2 N–H and O–H groups in total. The Bertz CT molecular complexity index is 260. The van der Waals surface area contributed by atoms with Crippen LogP contribution >= 0.6 is 0 Å². The molecule has 0 fully saturated rings. The van der Waals surface area contributed by atoms with Crippen molar-refractivity contribution >= 4 is 16.0 Å². The molecular formula is C7H15NO4S. The molecule has 0 spiro atoms. The number of nitrogens with one attached hydrogen (secondary N) is 1. The number of hydrogen-bond acceptors (Lipinski definition) is 3. The van der Waals surface area contributed by atoms with Gasteiger partial charge in [0.2, 0.25) is 10.0 Å². The molecule has 0 aliphatic rings. The topological polar surface area (TPSA) is 83.5 Å². The maximum Gasteiger partial charge on any atom is 0.321 e. The van der Waals surface area contributed by atoms with Gasteiger partial charge in [0, 0.05) is 0 Å². The van der Waals surface area contributed by atoms with Crippen molar-refractivity contribution in [2.75, 3.05) is 5.75 Å². The lowest BCUT2D eigenvalue weighted by Gasteiger charge is -2.11. The minimum Gasteiger partial charge on any atom is -0.480 e. The molecule has 0 aromatic heterocycles. The molecule has 1 atom stereocenters. The maximum absolute atomic E-state index is 11.1. The largest absolute Gasteiger partial charge is 0.480 e. The van der Waals surface area contributed by atoms with Crippen molar-refractivity contribution in [3.63, 3.8) is 0 Å². The zero-order chi connectivity index (χ0) is 10.5. The molecular weight excluding hydrogens is 194 g/mol. The first-order valence-electron chi connectivity index (χ1n) is 4.15. The van der Waals surface area contributed by atoms with Crippen molar-refractivity contribution in [1.29, 1.82) is 0 Å². The second-order valence-electron chi connectivity index (χ2n) is 2.74. The van der Waals surface area contributed by atoms with E-state index in [4.69, 9.17) is 5.11 Å². The highest BCUT2D eigenvalue weighted by Gasteiger charge is 2.20. The Kier molecular flexibility index (Phi) is 4.94. The van der Waals surface area contributed by atoms with Crippen LogP contribution in [0.5, 0.6) is 0 Å². The minimum atomic E-state index is -3.42. The fraction of sp³-hybridized carbons (Fsp3) is 0.857.